The highest BCUT2D eigenvalue weighted by atomic mass is 35.5. The lowest BCUT2D eigenvalue weighted by atomic mass is 10.1. The lowest BCUT2D eigenvalue weighted by molar-refractivity contribution is -0.479. The van der Waals surface area contributed by atoms with E-state index < -0.39 is 5.25 Å². The molecule has 1 atom stereocenters. The Kier molecular flexibility index (Phi) is 9.67. The molecule has 204 valence electrons. The van der Waals surface area contributed by atoms with E-state index >= 15 is 0 Å². The molecule has 0 N–H and O–H groups in total. The summed E-state index contributed by atoms with van der Waals surface area (Å²) in [4.78, 5) is 11.3. The molecule has 0 spiro atoms. The van der Waals surface area contributed by atoms with Gasteiger partial charge in [0.25, 0.3) is 0 Å². The Bertz CT molecular complexity index is 1410. The Labute approximate surface area is 236 Å². The fraction of sp³-hybridized carbons (Fsp3) is 0.286. The van der Waals surface area contributed by atoms with E-state index in [1.165, 1.54) is 11.8 Å². The Morgan fingerprint density at radius 1 is 0.974 bits per heavy atom. The molecule has 0 aliphatic rings. The Hall–Kier alpha value is -3.76. The van der Waals surface area contributed by atoms with Crippen molar-refractivity contribution in [2.75, 3.05) is 19.8 Å². The summed E-state index contributed by atoms with van der Waals surface area (Å²) in [6.07, 6.45) is 0. The number of hydrogen-bond acceptors (Lipinski definition) is 8. The average molecular weight is 569 g/mol. The van der Waals surface area contributed by atoms with Gasteiger partial charge in [-0.2, -0.15) is 0 Å². The van der Waals surface area contributed by atoms with Crippen LogP contribution in [-0.4, -0.2) is 39.4 Å². The number of halogens is 1. The normalized spacial score (nSPS) is 11.7. The van der Waals surface area contributed by atoms with Crippen LogP contribution in [0.2, 0.25) is 5.02 Å². The first kappa shape index (κ1) is 28.3. The van der Waals surface area contributed by atoms with Crippen molar-refractivity contribution in [2.45, 2.75) is 37.8 Å². The zero-order valence-electron chi connectivity index (χ0n) is 21.9. The summed E-state index contributed by atoms with van der Waals surface area (Å²) in [6, 6.07) is 20.4. The van der Waals surface area contributed by atoms with Gasteiger partial charge in [0.1, 0.15) is 23.4 Å². The van der Waals surface area contributed by atoms with E-state index in [2.05, 4.69) is 10.2 Å². The first-order chi connectivity index (χ1) is 18.9. The third kappa shape index (κ3) is 7.21. The summed E-state index contributed by atoms with van der Waals surface area (Å²) in [5.41, 5.74) is 2.39. The Morgan fingerprint density at radius 3 is 2.41 bits per heavy atom. The van der Waals surface area contributed by atoms with Gasteiger partial charge in [-0.25, -0.2) is 0 Å². The van der Waals surface area contributed by atoms with Crippen LogP contribution in [0.15, 0.2) is 71.9 Å². The van der Waals surface area contributed by atoms with E-state index in [1.807, 2.05) is 73.9 Å². The molecule has 0 saturated carbocycles. The summed E-state index contributed by atoms with van der Waals surface area (Å²) in [7, 11) is 0. The minimum atomic E-state index is -0.554. The van der Waals surface area contributed by atoms with E-state index in [1.54, 1.807) is 18.2 Å². The maximum atomic E-state index is 11.7. The van der Waals surface area contributed by atoms with Gasteiger partial charge in [0.2, 0.25) is 6.54 Å². The molecule has 39 heavy (non-hydrogen) atoms. The Balaban J connectivity index is 1.61. The van der Waals surface area contributed by atoms with Crippen LogP contribution in [0.4, 0.5) is 0 Å². The minimum Gasteiger partial charge on any atom is -0.494 e. The van der Waals surface area contributed by atoms with Crippen molar-refractivity contribution in [2.24, 2.45) is 0 Å². The van der Waals surface area contributed by atoms with Crippen LogP contribution in [0.5, 0.6) is 17.2 Å². The zero-order valence-corrected chi connectivity index (χ0v) is 23.4. The second-order valence-corrected chi connectivity index (χ2v) is 10.0. The molecule has 0 aliphatic carbocycles. The van der Waals surface area contributed by atoms with Crippen molar-refractivity contribution in [1.29, 1.82) is 0 Å². The summed E-state index contributed by atoms with van der Waals surface area (Å²) >= 11 is 7.54. The van der Waals surface area contributed by atoms with Gasteiger partial charge in [-0.05, 0) is 68.8 Å². The highest BCUT2D eigenvalue weighted by molar-refractivity contribution is 7.99. The minimum absolute atomic E-state index is 0.261. The average Bonchev–Trinajstić information content (AvgIpc) is 3.28. The van der Waals surface area contributed by atoms with Crippen LogP contribution in [0.25, 0.3) is 5.69 Å². The first-order valence-electron chi connectivity index (χ1n) is 12.5. The molecule has 0 saturated heterocycles. The van der Waals surface area contributed by atoms with E-state index in [0.717, 1.165) is 17.0 Å². The molecule has 0 radical (unpaired) electrons. The molecule has 4 rings (SSSR count). The van der Waals surface area contributed by atoms with Crippen molar-refractivity contribution in [3.63, 3.8) is 0 Å². The smallest absolute Gasteiger partial charge is 0.220 e. The molecule has 1 aromatic heterocycles. The third-order valence-corrected chi connectivity index (χ3v) is 7.29. The molecule has 4 aromatic rings. The highest BCUT2D eigenvalue weighted by Crippen LogP contribution is 2.40. The number of benzene rings is 3. The number of nitro groups is 1. The third-order valence-electron chi connectivity index (χ3n) is 5.74. The predicted molar refractivity (Wildman–Crippen MR) is 151 cm³/mol. The van der Waals surface area contributed by atoms with Gasteiger partial charge in [0.15, 0.2) is 16.7 Å². The summed E-state index contributed by atoms with van der Waals surface area (Å²) in [5.74, 6) is 2.45. The van der Waals surface area contributed by atoms with Crippen molar-refractivity contribution in [3.8, 4) is 22.9 Å². The van der Waals surface area contributed by atoms with E-state index in [9.17, 15) is 10.1 Å². The van der Waals surface area contributed by atoms with Crippen LogP contribution in [0.1, 0.15) is 36.0 Å². The lowest BCUT2D eigenvalue weighted by Crippen LogP contribution is -2.12. The standard InChI is InChI=1S/C28H29ClN4O5S/c1-4-36-23-13-11-22(12-14-23)33-19(3)30-31-28(33)39-27(17-32(34)35)20-10-15-25(26(16-20)37-5-2)38-18-21-8-6-7-9-24(21)29/h6-16,27H,4-5,17-18H2,1-3H3/t27-/m1/s1. The summed E-state index contributed by atoms with van der Waals surface area (Å²) in [6.45, 7) is 6.56. The zero-order chi connectivity index (χ0) is 27.8. The molecule has 0 aliphatic heterocycles. The van der Waals surface area contributed by atoms with Crippen LogP contribution < -0.4 is 14.2 Å². The maximum Gasteiger partial charge on any atom is 0.220 e. The van der Waals surface area contributed by atoms with E-state index in [0.29, 0.717) is 46.3 Å². The van der Waals surface area contributed by atoms with E-state index in [4.69, 9.17) is 25.8 Å². The first-order valence-corrected chi connectivity index (χ1v) is 13.7. The SMILES string of the molecule is CCOc1ccc(-n2c(C)nnc2S[C@H](C[N+](=O)[O-])c2ccc(OCc3ccccc3Cl)c(OCC)c2)cc1. The molecular weight excluding hydrogens is 540 g/mol. The number of aryl methyl sites for hydroxylation is 1. The van der Waals surface area contributed by atoms with Crippen molar-refractivity contribution in [1.82, 2.24) is 14.8 Å². The molecule has 0 amide bonds. The second kappa shape index (κ2) is 13.3. The van der Waals surface area contributed by atoms with Crippen molar-refractivity contribution >= 4 is 23.4 Å². The second-order valence-electron chi connectivity index (χ2n) is 8.43. The molecule has 1 heterocycles. The van der Waals surface area contributed by atoms with Gasteiger partial charge < -0.3 is 14.2 Å². The number of hydrogen-bond donors (Lipinski definition) is 0. The van der Waals surface area contributed by atoms with Gasteiger partial charge in [-0.15, -0.1) is 10.2 Å². The van der Waals surface area contributed by atoms with Gasteiger partial charge in [-0.1, -0.05) is 47.6 Å². The topological polar surface area (TPSA) is 102 Å². The van der Waals surface area contributed by atoms with Crippen LogP contribution >= 0.6 is 23.4 Å². The Morgan fingerprint density at radius 2 is 1.72 bits per heavy atom. The fourth-order valence-electron chi connectivity index (χ4n) is 3.93. The molecular formula is C28H29ClN4O5S. The number of rotatable bonds is 13. The number of ether oxygens (including phenoxy) is 3. The summed E-state index contributed by atoms with van der Waals surface area (Å²) < 4.78 is 19.3. The van der Waals surface area contributed by atoms with Crippen molar-refractivity contribution in [3.05, 3.63) is 98.8 Å². The largest absolute Gasteiger partial charge is 0.494 e. The van der Waals surface area contributed by atoms with Gasteiger partial charge in [-0.3, -0.25) is 14.7 Å². The van der Waals surface area contributed by atoms with Crippen LogP contribution in [0.3, 0.4) is 0 Å². The predicted octanol–water partition coefficient (Wildman–Crippen LogP) is 6.72. The highest BCUT2D eigenvalue weighted by Gasteiger charge is 2.25. The monoisotopic (exact) mass is 568 g/mol. The molecule has 0 unspecified atom stereocenters. The van der Waals surface area contributed by atoms with Crippen LogP contribution in [0, 0.1) is 17.0 Å². The van der Waals surface area contributed by atoms with Crippen molar-refractivity contribution < 1.29 is 19.1 Å². The quantitative estimate of drug-likeness (QED) is 0.0995. The molecule has 0 bridgehead atoms. The number of thioether (sulfide) groups is 1. The summed E-state index contributed by atoms with van der Waals surface area (Å²) in [5, 5.41) is 20.8. The molecule has 3 aromatic carbocycles. The molecule has 11 heteroatoms. The molecule has 0 fully saturated rings. The van der Waals surface area contributed by atoms with E-state index in [-0.39, 0.29) is 18.1 Å². The van der Waals surface area contributed by atoms with Gasteiger partial charge in [0.05, 0.1) is 13.2 Å². The molecule has 9 nitrogen and oxygen atoms in total. The van der Waals surface area contributed by atoms with Gasteiger partial charge in [0, 0.05) is 21.2 Å². The van der Waals surface area contributed by atoms with Gasteiger partial charge >= 0.3 is 0 Å². The number of aromatic nitrogens is 3. The van der Waals surface area contributed by atoms with Crippen LogP contribution in [-0.2, 0) is 6.61 Å². The lowest BCUT2D eigenvalue weighted by Gasteiger charge is -2.18. The fourth-order valence-corrected chi connectivity index (χ4v) is 5.29. The number of nitrogens with zero attached hydrogens (tertiary/aromatic N) is 4. The maximum absolute atomic E-state index is 11.7.